The molecule has 1 aliphatic rings. The maximum absolute atomic E-state index is 13.0. The van der Waals surface area contributed by atoms with Crippen molar-refractivity contribution in [3.8, 4) is 0 Å². The first-order chi connectivity index (χ1) is 11.6. The van der Waals surface area contributed by atoms with E-state index in [1.165, 1.54) is 17.7 Å². The number of benzene rings is 1. The van der Waals surface area contributed by atoms with Crippen molar-refractivity contribution in [1.29, 1.82) is 0 Å². The normalized spacial score (nSPS) is 17.8. The van der Waals surface area contributed by atoms with Crippen LogP contribution < -0.4 is 0 Å². The van der Waals surface area contributed by atoms with Gasteiger partial charge in [0.15, 0.2) is 0 Å². The van der Waals surface area contributed by atoms with E-state index in [0.29, 0.717) is 5.92 Å². The van der Waals surface area contributed by atoms with E-state index in [-0.39, 0.29) is 11.7 Å². The van der Waals surface area contributed by atoms with Gasteiger partial charge in [-0.3, -0.25) is 4.79 Å². The maximum Gasteiger partial charge on any atom is 0.306 e. The molecule has 0 spiro atoms. The van der Waals surface area contributed by atoms with Gasteiger partial charge in [0.25, 0.3) is 0 Å². The van der Waals surface area contributed by atoms with Crippen molar-refractivity contribution in [3.05, 3.63) is 35.6 Å². The minimum atomic E-state index is -0.644. The van der Waals surface area contributed by atoms with Gasteiger partial charge < -0.3 is 10.0 Å². The highest BCUT2D eigenvalue weighted by Gasteiger charge is 2.22. The summed E-state index contributed by atoms with van der Waals surface area (Å²) in [5.74, 6) is -0.358. The smallest absolute Gasteiger partial charge is 0.306 e. The van der Waals surface area contributed by atoms with E-state index in [1.54, 1.807) is 0 Å². The molecule has 1 atom stereocenters. The molecule has 1 aliphatic heterocycles. The van der Waals surface area contributed by atoms with E-state index in [1.807, 2.05) is 12.1 Å². The number of piperidine rings is 1. The second kappa shape index (κ2) is 9.77. The van der Waals surface area contributed by atoms with Crippen LogP contribution in [0.25, 0.3) is 0 Å². The zero-order chi connectivity index (χ0) is 17.4. The molecule has 2 rings (SSSR count). The number of likely N-dealkylation sites (tertiary alicyclic amines) is 1. The molecular formula is C20H30FNO2. The maximum atomic E-state index is 13.0. The van der Waals surface area contributed by atoms with Crippen LogP contribution in [0.15, 0.2) is 24.3 Å². The van der Waals surface area contributed by atoms with Crippen molar-refractivity contribution >= 4 is 5.97 Å². The van der Waals surface area contributed by atoms with Gasteiger partial charge in [-0.1, -0.05) is 31.9 Å². The average Bonchev–Trinajstić information content (AvgIpc) is 2.58. The molecule has 0 radical (unpaired) electrons. The van der Waals surface area contributed by atoms with Crippen molar-refractivity contribution in [2.75, 3.05) is 19.6 Å². The molecule has 1 unspecified atom stereocenters. The third-order valence-electron chi connectivity index (χ3n) is 5.19. The van der Waals surface area contributed by atoms with Crippen molar-refractivity contribution < 1.29 is 14.3 Å². The number of nitrogens with zero attached hydrogens (tertiary/aromatic N) is 1. The van der Waals surface area contributed by atoms with Crippen molar-refractivity contribution in [2.24, 2.45) is 11.8 Å². The predicted molar refractivity (Wildman–Crippen MR) is 94.5 cm³/mol. The van der Waals surface area contributed by atoms with Gasteiger partial charge in [0.05, 0.1) is 5.92 Å². The van der Waals surface area contributed by atoms with Crippen LogP contribution in [-0.4, -0.2) is 35.6 Å². The highest BCUT2D eigenvalue weighted by Crippen LogP contribution is 2.23. The zero-order valence-electron chi connectivity index (χ0n) is 14.7. The van der Waals surface area contributed by atoms with Crippen LogP contribution in [0.4, 0.5) is 4.39 Å². The molecule has 3 nitrogen and oxygen atoms in total. The Kier molecular flexibility index (Phi) is 7.70. The zero-order valence-corrected chi connectivity index (χ0v) is 14.7. The van der Waals surface area contributed by atoms with Crippen molar-refractivity contribution in [2.45, 2.75) is 51.9 Å². The summed E-state index contributed by atoms with van der Waals surface area (Å²) in [5.41, 5.74) is 1.21. The van der Waals surface area contributed by atoms with Gasteiger partial charge in [-0.25, -0.2) is 4.39 Å². The van der Waals surface area contributed by atoms with E-state index in [2.05, 4.69) is 11.8 Å². The second-order valence-electron chi connectivity index (χ2n) is 7.08. The molecule has 1 aromatic rings. The van der Waals surface area contributed by atoms with Crippen LogP contribution in [0.1, 0.15) is 51.0 Å². The first-order valence-corrected chi connectivity index (χ1v) is 9.28. The van der Waals surface area contributed by atoms with Gasteiger partial charge in [-0.05, 0) is 75.4 Å². The molecule has 0 aromatic heterocycles. The number of aliphatic carboxylic acids is 1. The Bertz CT molecular complexity index is 495. The number of halogens is 1. The SMILES string of the molecule is CCCCC(CCN1CCC(Cc2ccc(F)cc2)CC1)C(=O)O. The molecule has 4 heteroatoms. The van der Waals surface area contributed by atoms with Crippen LogP contribution >= 0.6 is 0 Å². The Morgan fingerprint density at radius 2 is 1.92 bits per heavy atom. The second-order valence-corrected chi connectivity index (χ2v) is 7.08. The molecule has 134 valence electrons. The number of hydrogen-bond donors (Lipinski definition) is 1. The lowest BCUT2D eigenvalue weighted by atomic mass is 9.89. The van der Waals surface area contributed by atoms with Gasteiger partial charge in [-0.2, -0.15) is 0 Å². The molecule has 1 saturated heterocycles. The van der Waals surface area contributed by atoms with Gasteiger partial charge in [-0.15, -0.1) is 0 Å². The Morgan fingerprint density at radius 3 is 2.50 bits per heavy atom. The molecule has 1 aromatic carbocycles. The van der Waals surface area contributed by atoms with E-state index in [0.717, 1.165) is 64.6 Å². The molecule has 24 heavy (non-hydrogen) atoms. The van der Waals surface area contributed by atoms with Crippen LogP contribution in [0.5, 0.6) is 0 Å². The number of rotatable bonds is 9. The van der Waals surface area contributed by atoms with Gasteiger partial charge in [0, 0.05) is 0 Å². The summed E-state index contributed by atoms with van der Waals surface area (Å²) in [5, 5.41) is 9.31. The van der Waals surface area contributed by atoms with E-state index >= 15 is 0 Å². The first kappa shape index (κ1) is 18.9. The lowest BCUT2D eigenvalue weighted by Crippen LogP contribution is -2.36. The number of unbranched alkanes of at least 4 members (excludes halogenated alkanes) is 1. The molecule has 1 fully saturated rings. The summed E-state index contributed by atoms with van der Waals surface area (Å²) in [6.07, 6.45) is 6.91. The van der Waals surface area contributed by atoms with Crippen LogP contribution in [0, 0.1) is 17.7 Å². The number of carboxylic acids is 1. The topological polar surface area (TPSA) is 40.5 Å². The number of hydrogen-bond acceptors (Lipinski definition) is 2. The average molecular weight is 335 g/mol. The van der Waals surface area contributed by atoms with Crippen molar-refractivity contribution in [3.63, 3.8) is 0 Å². The molecule has 1 heterocycles. The van der Waals surface area contributed by atoms with Crippen LogP contribution in [0.2, 0.25) is 0 Å². The number of carboxylic acid groups (broad SMARTS) is 1. The standard InChI is InChI=1S/C20H30FNO2/c1-2-3-4-18(20(23)24)11-14-22-12-9-17(10-13-22)15-16-5-7-19(21)8-6-16/h5-8,17-18H,2-4,9-15H2,1H3,(H,23,24). The quantitative estimate of drug-likeness (QED) is 0.729. The molecule has 1 N–H and O–H groups in total. The van der Waals surface area contributed by atoms with Crippen molar-refractivity contribution in [1.82, 2.24) is 4.90 Å². The van der Waals surface area contributed by atoms with Gasteiger partial charge >= 0.3 is 5.97 Å². The third-order valence-corrected chi connectivity index (χ3v) is 5.19. The Labute approximate surface area is 144 Å². The Morgan fingerprint density at radius 1 is 1.25 bits per heavy atom. The molecule has 0 bridgehead atoms. The fourth-order valence-corrected chi connectivity index (χ4v) is 3.55. The highest BCUT2D eigenvalue weighted by atomic mass is 19.1. The Hall–Kier alpha value is -1.42. The summed E-state index contributed by atoms with van der Waals surface area (Å²) < 4.78 is 13.0. The summed E-state index contributed by atoms with van der Waals surface area (Å²) >= 11 is 0. The Balaban J connectivity index is 1.70. The molecule has 0 amide bonds. The lowest BCUT2D eigenvalue weighted by molar-refractivity contribution is -0.142. The summed E-state index contributed by atoms with van der Waals surface area (Å²) in [6, 6.07) is 6.83. The third kappa shape index (κ3) is 6.23. The molecule has 0 aliphatic carbocycles. The summed E-state index contributed by atoms with van der Waals surface area (Å²) in [6.45, 7) is 5.09. The highest BCUT2D eigenvalue weighted by molar-refractivity contribution is 5.69. The largest absolute Gasteiger partial charge is 0.481 e. The van der Waals surface area contributed by atoms with Crippen LogP contribution in [-0.2, 0) is 11.2 Å². The monoisotopic (exact) mass is 335 g/mol. The fourth-order valence-electron chi connectivity index (χ4n) is 3.55. The predicted octanol–water partition coefficient (Wildman–Crippen LogP) is 4.36. The minimum absolute atomic E-state index is 0.176. The first-order valence-electron chi connectivity index (χ1n) is 9.28. The van der Waals surface area contributed by atoms with E-state index < -0.39 is 5.97 Å². The fraction of sp³-hybridized carbons (Fsp3) is 0.650. The summed E-state index contributed by atoms with van der Waals surface area (Å²) in [4.78, 5) is 13.7. The van der Waals surface area contributed by atoms with Crippen LogP contribution in [0.3, 0.4) is 0 Å². The van der Waals surface area contributed by atoms with Gasteiger partial charge in [0.2, 0.25) is 0 Å². The summed E-state index contributed by atoms with van der Waals surface area (Å²) in [7, 11) is 0. The molecular weight excluding hydrogens is 305 g/mol. The van der Waals surface area contributed by atoms with E-state index in [9.17, 15) is 14.3 Å². The van der Waals surface area contributed by atoms with Gasteiger partial charge in [0.1, 0.15) is 5.82 Å². The molecule has 0 saturated carbocycles. The number of carbonyl (C=O) groups is 1. The minimum Gasteiger partial charge on any atom is -0.481 e. The van der Waals surface area contributed by atoms with E-state index in [4.69, 9.17) is 0 Å². The lowest BCUT2D eigenvalue weighted by Gasteiger charge is -2.32.